The SMILES string of the molecule is O[B]c1cc(-c2ccccc2)ccc1OC([B]O)c1ccc(-c2ccccc2)cc1. The van der Waals surface area contributed by atoms with Crippen LogP contribution in [0, 0.1) is 0 Å². The van der Waals surface area contributed by atoms with Gasteiger partial charge < -0.3 is 14.8 Å². The zero-order chi connectivity index (χ0) is 20.8. The second kappa shape index (κ2) is 9.49. The van der Waals surface area contributed by atoms with Crippen LogP contribution in [0.5, 0.6) is 5.75 Å². The van der Waals surface area contributed by atoms with Crippen LogP contribution in [0.3, 0.4) is 0 Å². The minimum Gasteiger partial charge on any atom is -0.492 e. The number of hydrogen-bond donors (Lipinski definition) is 2. The fraction of sp³-hybridized carbons (Fsp3) is 0.0400. The molecule has 4 rings (SSSR count). The summed E-state index contributed by atoms with van der Waals surface area (Å²) < 4.78 is 6.01. The molecule has 0 heterocycles. The van der Waals surface area contributed by atoms with Crippen LogP contribution in [0.1, 0.15) is 11.6 Å². The molecule has 30 heavy (non-hydrogen) atoms. The first-order chi connectivity index (χ1) is 14.8. The number of benzene rings is 4. The summed E-state index contributed by atoms with van der Waals surface area (Å²) in [7, 11) is 2.04. The second-order valence-electron chi connectivity index (χ2n) is 6.92. The Hall–Kier alpha value is -3.27. The van der Waals surface area contributed by atoms with E-state index in [0.29, 0.717) is 11.2 Å². The van der Waals surface area contributed by atoms with Gasteiger partial charge in [-0.2, -0.15) is 0 Å². The zero-order valence-electron chi connectivity index (χ0n) is 16.3. The molecule has 0 aliphatic carbocycles. The molecule has 0 aromatic heterocycles. The Balaban J connectivity index is 1.56. The average Bonchev–Trinajstić information content (AvgIpc) is 2.84. The van der Waals surface area contributed by atoms with Crippen LogP contribution < -0.4 is 10.2 Å². The van der Waals surface area contributed by atoms with E-state index in [9.17, 15) is 10.0 Å². The molecule has 0 bridgehead atoms. The van der Waals surface area contributed by atoms with Crippen LogP contribution in [0.25, 0.3) is 22.3 Å². The highest BCUT2D eigenvalue weighted by molar-refractivity contribution is 6.47. The lowest BCUT2D eigenvalue weighted by molar-refractivity contribution is 0.269. The van der Waals surface area contributed by atoms with Gasteiger partial charge in [0.25, 0.3) is 0 Å². The number of hydrogen-bond acceptors (Lipinski definition) is 3. The van der Waals surface area contributed by atoms with E-state index in [-0.39, 0.29) is 0 Å². The van der Waals surface area contributed by atoms with Gasteiger partial charge >= 0.3 is 15.0 Å². The van der Waals surface area contributed by atoms with Crippen molar-refractivity contribution in [3.05, 3.63) is 109 Å². The van der Waals surface area contributed by atoms with Crippen LogP contribution in [-0.2, 0) is 0 Å². The second-order valence-corrected chi connectivity index (χ2v) is 6.92. The molecule has 0 fully saturated rings. The summed E-state index contributed by atoms with van der Waals surface area (Å²) in [5, 5.41) is 19.5. The van der Waals surface area contributed by atoms with Crippen molar-refractivity contribution in [1.29, 1.82) is 0 Å². The Labute approximate surface area is 178 Å². The van der Waals surface area contributed by atoms with Crippen molar-refractivity contribution in [2.45, 2.75) is 6.00 Å². The largest absolute Gasteiger partial charge is 0.492 e. The minimum atomic E-state index is -0.656. The topological polar surface area (TPSA) is 49.7 Å². The minimum absolute atomic E-state index is 0.486. The molecular formula is C25H20B2O3. The van der Waals surface area contributed by atoms with Crippen LogP contribution >= 0.6 is 0 Å². The van der Waals surface area contributed by atoms with Crippen molar-refractivity contribution in [2.24, 2.45) is 0 Å². The summed E-state index contributed by atoms with van der Waals surface area (Å²) in [6, 6.07) is 32.8. The van der Waals surface area contributed by atoms with Crippen molar-refractivity contribution >= 4 is 20.4 Å². The molecule has 1 atom stereocenters. The maximum Gasteiger partial charge on any atom is 0.342 e. The zero-order valence-corrected chi connectivity index (χ0v) is 16.3. The number of rotatable bonds is 7. The summed E-state index contributed by atoms with van der Waals surface area (Å²) in [5.74, 6) is 0.486. The molecule has 4 aromatic rings. The molecule has 4 aromatic carbocycles. The normalized spacial score (nSPS) is 11.5. The molecule has 144 valence electrons. The van der Waals surface area contributed by atoms with Gasteiger partial charge in [-0.05, 0) is 39.3 Å². The molecule has 0 saturated carbocycles. The van der Waals surface area contributed by atoms with Gasteiger partial charge in [-0.15, -0.1) is 0 Å². The maximum atomic E-state index is 9.80. The molecule has 0 amide bonds. The molecule has 0 spiro atoms. The van der Waals surface area contributed by atoms with E-state index in [1.54, 1.807) is 6.07 Å². The molecule has 3 nitrogen and oxygen atoms in total. The van der Waals surface area contributed by atoms with Gasteiger partial charge in [0, 0.05) is 0 Å². The Morgan fingerprint density at radius 2 is 1.13 bits per heavy atom. The van der Waals surface area contributed by atoms with E-state index in [4.69, 9.17) is 4.74 Å². The van der Waals surface area contributed by atoms with Gasteiger partial charge in [-0.1, -0.05) is 97.1 Å². The van der Waals surface area contributed by atoms with Gasteiger partial charge in [0.1, 0.15) is 11.8 Å². The lowest BCUT2D eigenvalue weighted by Crippen LogP contribution is -2.22. The van der Waals surface area contributed by atoms with E-state index in [2.05, 4.69) is 12.1 Å². The summed E-state index contributed by atoms with van der Waals surface area (Å²) in [4.78, 5) is 0. The Kier molecular flexibility index (Phi) is 6.33. The highest BCUT2D eigenvalue weighted by atomic mass is 16.5. The third-order valence-electron chi connectivity index (χ3n) is 4.99. The van der Waals surface area contributed by atoms with E-state index in [1.165, 1.54) is 0 Å². The highest BCUT2D eigenvalue weighted by Crippen LogP contribution is 2.26. The van der Waals surface area contributed by atoms with Crippen LogP contribution in [0.2, 0.25) is 0 Å². The predicted molar refractivity (Wildman–Crippen MR) is 123 cm³/mol. The third-order valence-corrected chi connectivity index (χ3v) is 4.99. The molecule has 0 aliphatic heterocycles. The monoisotopic (exact) mass is 390 g/mol. The van der Waals surface area contributed by atoms with E-state index >= 15 is 0 Å². The lowest BCUT2D eigenvalue weighted by Gasteiger charge is -2.19. The quantitative estimate of drug-likeness (QED) is 0.470. The first-order valence-corrected chi connectivity index (χ1v) is 9.75. The van der Waals surface area contributed by atoms with Crippen LogP contribution in [0.15, 0.2) is 103 Å². The smallest absolute Gasteiger partial charge is 0.342 e. The first kappa shape index (κ1) is 20.0. The third kappa shape index (κ3) is 4.48. The highest BCUT2D eigenvalue weighted by Gasteiger charge is 2.17. The molecule has 0 aliphatic rings. The van der Waals surface area contributed by atoms with E-state index in [0.717, 1.165) is 42.8 Å². The summed E-state index contributed by atoms with van der Waals surface area (Å²) in [6.07, 6.45) is 0. The molecule has 0 saturated heterocycles. The van der Waals surface area contributed by atoms with Gasteiger partial charge in [0.05, 0.1) is 0 Å². The van der Waals surface area contributed by atoms with Crippen LogP contribution in [-0.4, -0.2) is 25.0 Å². The first-order valence-electron chi connectivity index (χ1n) is 9.75. The van der Waals surface area contributed by atoms with Crippen molar-refractivity contribution in [3.63, 3.8) is 0 Å². The van der Waals surface area contributed by atoms with Crippen molar-refractivity contribution in [1.82, 2.24) is 0 Å². The number of ether oxygens (including phenoxy) is 1. The van der Waals surface area contributed by atoms with Gasteiger partial charge in [-0.25, -0.2) is 0 Å². The Morgan fingerprint density at radius 3 is 1.70 bits per heavy atom. The summed E-state index contributed by atoms with van der Waals surface area (Å²) in [6.45, 7) is 0. The molecule has 2 N–H and O–H groups in total. The maximum absolute atomic E-state index is 9.80. The Bertz CT molecular complexity index is 1080. The van der Waals surface area contributed by atoms with E-state index in [1.807, 2.05) is 84.9 Å². The van der Waals surface area contributed by atoms with Gasteiger partial charge in [0.2, 0.25) is 0 Å². The fourth-order valence-corrected chi connectivity index (χ4v) is 3.38. The standard InChI is InChI=1S/C25H20B2O3/c28-26-23-17-22(19-9-5-2-6-10-19)15-16-24(23)30-25(27-29)21-13-11-20(12-14-21)18-7-3-1-4-8-18/h1-17,25,28-29H. The summed E-state index contributed by atoms with van der Waals surface area (Å²) in [5.41, 5.74) is 5.60. The molecular weight excluding hydrogens is 370 g/mol. The van der Waals surface area contributed by atoms with Gasteiger partial charge in [-0.3, -0.25) is 0 Å². The predicted octanol–water partition coefficient (Wildman–Crippen LogP) is 3.95. The van der Waals surface area contributed by atoms with Crippen molar-refractivity contribution in [3.8, 4) is 28.0 Å². The van der Waals surface area contributed by atoms with E-state index < -0.39 is 6.00 Å². The lowest BCUT2D eigenvalue weighted by atomic mass is 9.83. The molecule has 5 heteroatoms. The van der Waals surface area contributed by atoms with Crippen molar-refractivity contribution < 1.29 is 14.8 Å². The summed E-state index contributed by atoms with van der Waals surface area (Å²) >= 11 is 0. The molecule has 2 radical (unpaired) electrons. The fourth-order valence-electron chi connectivity index (χ4n) is 3.38. The van der Waals surface area contributed by atoms with Crippen molar-refractivity contribution in [2.75, 3.05) is 0 Å². The van der Waals surface area contributed by atoms with Gasteiger partial charge in [0.15, 0.2) is 0 Å². The molecule has 1 unspecified atom stereocenters. The Morgan fingerprint density at radius 1 is 0.600 bits per heavy atom. The van der Waals surface area contributed by atoms with Crippen LogP contribution in [0.4, 0.5) is 0 Å². The average molecular weight is 390 g/mol.